The first-order chi connectivity index (χ1) is 18.2. The summed E-state index contributed by atoms with van der Waals surface area (Å²) >= 11 is 0. The molecule has 3 aromatic rings. The first kappa shape index (κ1) is 28.5. The van der Waals surface area contributed by atoms with Gasteiger partial charge in [-0.1, -0.05) is 50.2 Å². The van der Waals surface area contributed by atoms with Crippen molar-refractivity contribution >= 4 is 11.9 Å². The summed E-state index contributed by atoms with van der Waals surface area (Å²) in [5, 5.41) is 2.65. The minimum absolute atomic E-state index is 0.0219. The number of methoxy groups -OCH3 is 1. The van der Waals surface area contributed by atoms with Crippen molar-refractivity contribution < 1.29 is 28.2 Å². The van der Waals surface area contributed by atoms with Crippen molar-refractivity contribution in [2.24, 2.45) is 0 Å². The van der Waals surface area contributed by atoms with E-state index in [1.54, 1.807) is 13.8 Å². The topological polar surface area (TPSA) is 109 Å². The molecule has 0 spiro atoms. The average Bonchev–Trinajstić information content (AvgIpc) is 2.93. The first-order valence-corrected chi connectivity index (χ1v) is 12.3. The van der Waals surface area contributed by atoms with E-state index in [-0.39, 0.29) is 36.7 Å². The first-order valence-electron chi connectivity index (χ1n) is 12.3. The summed E-state index contributed by atoms with van der Waals surface area (Å²) in [5.74, 6) is -1.94. The Morgan fingerprint density at radius 3 is 2.55 bits per heavy atom. The molecular weight excluding hydrogens is 493 g/mol. The van der Waals surface area contributed by atoms with E-state index in [1.807, 2.05) is 44.2 Å². The van der Waals surface area contributed by atoms with Gasteiger partial charge >= 0.3 is 5.97 Å². The highest BCUT2D eigenvalue weighted by Crippen LogP contribution is 2.28. The van der Waals surface area contributed by atoms with Gasteiger partial charge < -0.3 is 19.5 Å². The fourth-order valence-corrected chi connectivity index (χ4v) is 3.94. The minimum Gasteiger partial charge on any atom is -0.481 e. The highest BCUT2D eigenvalue weighted by atomic mass is 19.1. The van der Waals surface area contributed by atoms with Crippen molar-refractivity contribution in [1.29, 1.82) is 0 Å². The van der Waals surface area contributed by atoms with E-state index in [9.17, 15) is 18.8 Å². The second-order valence-corrected chi connectivity index (χ2v) is 8.68. The second kappa shape index (κ2) is 12.5. The average molecular weight is 526 g/mol. The van der Waals surface area contributed by atoms with Gasteiger partial charge in [0.1, 0.15) is 23.8 Å². The Balaban J connectivity index is 0.00000195. The van der Waals surface area contributed by atoms with E-state index in [2.05, 4.69) is 10.3 Å². The number of nitrogens with one attached hydrogen (secondary N) is 1. The molecule has 9 nitrogen and oxygen atoms in total. The molecule has 0 saturated heterocycles. The zero-order chi connectivity index (χ0) is 27.9. The lowest BCUT2D eigenvalue weighted by atomic mass is 10.1. The van der Waals surface area contributed by atoms with E-state index in [0.29, 0.717) is 18.0 Å². The van der Waals surface area contributed by atoms with E-state index >= 15 is 0 Å². The Morgan fingerprint density at radius 2 is 1.87 bits per heavy atom. The number of hydrogen-bond donors (Lipinski definition) is 1. The van der Waals surface area contributed by atoms with Crippen LogP contribution in [0.5, 0.6) is 5.75 Å². The lowest BCUT2D eigenvalue weighted by Crippen LogP contribution is -2.43. The van der Waals surface area contributed by atoms with E-state index in [0.717, 1.165) is 11.6 Å². The molecule has 10 heteroatoms. The molecule has 0 bridgehead atoms. The fourth-order valence-electron chi connectivity index (χ4n) is 3.94. The summed E-state index contributed by atoms with van der Waals surface area (Å²) in [6, 6.07) is 12.8. The van der Waals surface area contributed by atoms with Crippen LogP contribution in [0.3, 0.4) is 0 Å². The number of nitrogens with zero attached hydrogens (tertiary/aromatic N) is 2. The monoisotopic (exact) mass is 525 g/mol. The molecule has 0 aliphatic carbocycles. The van der Waals surface area contributed by atoms with Crippen LogP contribution in [-0.4, -0.2) is 35.1 Å². The lowest BCUT2D eigenvalue weighted by molar-refractivity contribution is -0.0567. The van der Waals surface area contributed by atoms with Gasteiger partial charge in [0, 0.05) is 6.54 Å². The molecule has 1 aliphatic rings. The second-order valence-electron chi connectivity index (χ2n) is 8.68. The summed E-state index contributed by atoms with van der Waals surface area (Å²) < 4.78 is 31.5. The number of aromatic nitrogens is 2. The molecule has 2 heterocycles. The Bertz CT molecular complexity index is 1350. The van der Waals surface area contributed by atoms with Crippen LogP contribution in [0, 0.1) is 5.82 Å². The van der Waals surface area contributed by atoms with Crippen molar-refractivity contribution in [1.82, 2.24) is 14.9 Å². The third kappa shape index (κ3) is 6.25. The van der Waals surface area contributed by atoms with Gasteiger partial charge in [0.25, 0.3) is 11.5 Å². The van der Waals surface area contributed by atoms with Gasteiger partial charge in [-0.15, -0.1) is 0 Å². The summed E-state index contributed by atoms with van der Waals surface area (Å²) in [7, 11) is 1.18. The number of rotatable bonds is 7. The Hall–Kier alpha value is -4.05. The van der Waals surface area contributed by atoms with Crippen molar-refractivity contribution in [3.05, 3.63) is 92.9 Å². The molecule has 0 unspecified atom stereocenters. The number of benzene rings is 2. The molecule has 1 amide bonds. The third-order valence-electron chi connectivity index (χ3n) is 5.80. The minimum atomic E-state index is -0.903. The van der Waals surface area contributed by atoms with E-state index in [4.69, 9.17) is 14.2 Å². The van der Waals surface area contributed by atoms with Crippen LogP contribution >= 0.6 is 0 Å². The standard InChI is InChI=1S/C26H26FN3O6.C2H6/c1-26(2)25-29-20(22(31)28-14-17-9-10-18(27)13-19(17)24(33)34-3)21(23(32)30(25)11-12-36-26)35-15-16-7-5-4-6-8-16;1-2/h4-10,13H,11-12,14-15H2,1-3H3,(H,28,31);1-2H3. The summed E-state index contributed by atoms with van der Waals surface area (Å²) in [6.07, 6.45) is 0. The molecule has 4 rings (SSSR count). The highest BCUT2D eigenvalue weighted by Gasteiger charge is 2.35. The maximum Gasteiger partial charge on any atom is 0.338 e. The van der Waals surface area contributed by atoms with Crippen molar-refractivity contribution in [2.45, 2.75) is 53.0 Å². The van der Waals surface area contributed by atoms with Gasteiger partial charge in [0.15, 0.2) is 5.69 Å². The predicted molar refractivity (Wildman–Crippen MR) is 139 cm³/mol. The molecule has 0 fully saturated rings. The van der Waals surface area contributed by atoms with Gasteiger partial charge in [-0.05, 0) is 37.1 Å². The fraction of sp³-hybridized carbons (Fsp3) is 0.357. The number of carbonyl (C=O) groups excluding carboxylic acids is 2. The lowest BCUT2D eigenvalue weighted by Gasteiger charge is -2.32. The molecule has 202 valence electrons. The molecule has 38 heavy (non-hydrogen) atoms. The van der Waals surface area contributed by atoms with Crippen LogP contribution in [0.4, 0.5) is 4.39 Å². The zero-order valence-electron chi connectivity index (χ0n) is 22.2. The number of fused-ring (bicyclic) bond motifs is 1. The van der Waals surface area contributed by atoms with Crippen LogP contribution in [0.25, 0.3) is 0 Å². The molecule has 0 saturated carbocycles. The van der Waals surface area contributed by atoms with Crippen molar-refractivity contribution in [3.8, 4) is 5.75 Å². The van der Waals surface area contributed by atoms with Gasteiger partial charge in [-0.3, -0.25) is 14.2 Å². The number of hydrogen-bond acceptors (Lipinski definition) is 7. The van der Waals surface area contributed by atoms with Crippen LogP contribution in [0.1, 0.15) is 65.5 Å². The number of ether oxygens (including phenoxy) is 3. The number of amides is 1. The smallest absolute Gasteiger partial charge is 0.338 e. The number of carbonyl (C=O) groups is 2. The maximum absolute atomic E-state index is 13.7. The van der Waals surface area contributed by atoms with Gasteiger partial charge in [0.2, 0.25) is 5.75 Å². The quantitative estimate of drug-likeness (QED) is 0.465. The molecule has 1 N–H and O–H groups in total. The molecule has 1 aromatic heterocycles. The molecule has 0 atom stereocenters. The summed E-state index contributed by atoms with van der Waals surface area (Å²) in [4.78, 5) is 43.2. The van der Waals surface area contributed by atoms with Crippen LogP contribution in [-0.2, 0) is 34.8 Å². The van der Waals surface area contributed by atoms with E-state index < -0.39 is 28.9 Å². The Morgan fingerprint density at radius 1 is 1.16 bits per heavy atom. The molecule has 1 aliphatic heterocycles. The van der Waals surface area contributed by atoms with Gasteiger partial charge in [-0.25, -0.2) is 14.2 Å². The zero-order valence-corrected chi connectivity index (χ0v) is 22.2. The van der Waals surface area contributed by atoms with Crippen molar-refractivity contribution in [2.75, 3.05) is 13.7 Å². The SMILES string of the molecule is CC.COC(=O)c1cc(F)ccc1CNC(=O)c1nc2n(c(=O)c1OCc1ccccc1)CCOC2(C)C. The summed E-state index contributed by atoms with van der Waals surface area (Å²) in [6.45, 7) is 8.03. The van der Waals surface area contributed by atoms with Crippen molar-refractivity contribution in [3.63, 3.8) is 0 Å². The van der Waals surface area contributed by atoms with Crippen LogP contribution < -0.4 is 15.6 Å². The highest BCUT2D eigenvalue weighted by molar-refractivity contribution is 5.95. The largest absolute Gasteiger partial charge is 0.481 e. The third-order valence-corrected chi connectivity index (χ3v) is 5.80. The summed E-state index contributed by atoms with van der Waals surface area (Å²) in [5.41, 5.74) is -0.479. The number of esters is 1. The van der Waals surface area contributed by atoms with Crippen LogP contribution in [0.15, 0.2) is 53.3 Å². The van der Waals surface area contributed by atoms with E-state index in [1.165, 1.54) is 23.8 Å². The maximum atomic E-state index is 13.7. The predicted octanol–water partition coefficient (Wildman–Crippen LogP) is 3.97. The van der Waals surface area contributed by atoms with Crippen LogP contribution in [0.2, 0.25) is 0 Å². The molecule has 2 aromatic carbocycles. The normalized spacial score (nSPS) is 13.4. The van der Waals surface area contributed by atoms with Gasteiger partial charge in [-0.2, -0.15) is 0 Å². The Labute approximate surface area is 220 Å². The Kier molecular flexibility index (Phi) is 9.35. The molecule has 0 radical (unpaired) electrons. The molecular formula is C28H32FN3O6. The number of halogens is 1. The van der Waals surface area contributed by atoms with Gasteiger partial charge in [0.05, 0.1) is 25.8 Å².